The molecule has 3 rings (SSSR count). The van der Waals surface area contributed by atoms with Gasteiger partial charge in [-0.15, -0.1) is 0 Å². The maximum absolute atomic E-state index is 11.8. The SMILES string of the molecule is CC(C(=O)O)(c1ccccc1)c1cn2ccccc2n1. The Kier molecular flexibility index (Phi) is 2.79. The second-order valence-corrected chi connectivity index (χ2v) is 4.89. The largest absolute Gasteiger partial charge is 0.480 e. The number of hydrogen-bond donors (Lipinski definition) is 1. The van der Waals surface area contributed by atoms with Crippen molar-refractivity contribution in [2.24, 2.45) is 0 Å². The van der Waals surface area contributed by atoms with Gasteiger partial charge in [-0.3, -0.25) is 4.79 Å². The highest BCUT2D eigenvalue weighted by atomic mass is 16.4. The lowest BCUT2D eigenvalue weighted by atomic mass is 9.80. The number of carboxylic acids is 1. The third-order valence-corrected chi connectivity index (χ3v) is 3.66. The second kappa shape index (κ2) is 4.49. The summed E-state index contributed by atoms with van der Waals surface area (Å²) < 4.78 is 1.83. The van der Waals surface area contributed by atoms with Gasteiger partial charge in [-0.05, 0) is 24.6 Å². The van der Waals surface area contributed by atoms with E-state index in [1.165, 1.54) is 0 Å². The van der Waals surface area contributed by atoms with Crippen LogP contribution in [-0.4, -0.2) is 20.5 Å². The van der Waals surface area contributed by atoms with Crippen LogP contribution in [0.2, 0.25) is 0 Å². The molecule has 0 radical (unpaired) electrons. The van der Waals surface area contributed by atoms with Crippen LogP contribution in [-0.2, 0) is 10.2 Å². The zero-order chi connectivity index (χ0) is 14.2. The van der Waals surface area contributed by atoms with E-state index in [0.29, 0.717) is 5.69 Å². The number of aromatic nitrogens is 2. The molecule has 2 aromatic heterocycles. The fourth-order valence-corrected chi connectivity index (χ4v) is 2.33. The van der Waals surface area contributed by atoms with Gasteiger partial charge in [-0.25, -0.2) is 4.98 Å². The molecule has 0 aliphatic carbocycles. The molecular formula is C16H14N2O2. The normalized spacial score (nSPS) is 14.1. The van der Waals surface area contributed by atoms with Gasteiger partial charge in [0, 0.05) is 12.4 Å². The quantitative estimate of drug-likeness (QED) is 0.793. The Hall–Kier alpha value is -2.62. The van der Waals surface area contributed by atoms with Crippen molar-refractivity contribution in [3.05, 3.63) is 72.2 Å². The molecule has 0 spiro atoms. The molecular weight excluding hydrogens is 252 g/mol. The molecule has 4 nitrogen and oxygen atoms in total. The van der Waals surface area contributed by atoms with Gasteiger partial charge in [0.2, 0.25) is 0 Å². The molecule has 1 atom stereocenters. The Balaban J connectivity index is 2.23. The number of aliphatic carboxylic acids is 1. The molecule has 100 valence electrons. The summed E-state index contributed by atoms with van der Waals surface area (Å²) in [7, 11) is 0. The maximum atomic E-state index is 11.8. The standard InChI is InChI=1S/C16H14N2O2/c1-16(15(19)20,12-7-3-2-4-8-12)13-11-18-10-6-5-9-14(18)17-13/h2-11H,1H3,(H,19,20). The van der Waals surface area contributed by atoms with Gasteiger partial charge in [0.05, 0.1) is 5.69 Å². The molecule has 0 bridgehead atoms. The molecule has 1 unspecified atom stereocenters. The van der Waals surface area contributed by atoms with Crippen molar-refractivity contribution in [1.82, 2.24) is 9.38 Å². The van der Waals surface area contributed by atoms with Gasteiger partial charge in [-0.1, -0.05) is 36.4 Å². The number of pyridine rings is 1. The summed E-state index contributed by atoms with van der Waals surface area (Å²) in [6, 6.07) is 14.8. The maximum Gasteiger partial charge on any atom is 0.320 e. The van der Waals surface area contributed by atoms with Crippen LogP contribution in [0, 0.1) is 0 Å². The van der Waals surface area contributed by atoms with E-state index in [4.69, 9.17) is 0 Å². The molecule has 1 N–H and O–H groups in total. The average molecular weight is 266 g/mol. The van der Waals surface area contributed by atoms with E-state index < -0.39 is 11.4 Å². The first-order valence-electron chi connectivity index (χ1n) is 6.35. The van der Waals surface area contributed by atoms with Crippen LogP contribution < -0.4 is 0 Å². The summed E-state index contributed by atoms with van der Waals surface area (Å²) in [6.45, 7) is 1.69. The van der Waals surface area contributed by atoms with Crippen molar-refractivity contribution >= 4 is 11.6 Å². The summed E-state index contributed by atoms with van der Waals surface area (Å²) in [4.78, 5) is 16.3. The van der Waals surface area contributed by atoms with Crippen molar-refractivity contribution < 1.29 is 9.90 Å². The van der Waals surface area contributed by atoms with Crippen LogP contribution in [0.4, 0.5) is 0 Å². The summed E-state index contributed by atoms with van der Waals surface area (Å²) in [5, 5.41) is 9.72. The minimum atomic E-state index is -1.16. The van der Waals surface area contributed by atoms with E-state index in [1.807, 2.05) is 59.1 Å². The van der Waals surface area contributed by atoms with E-state index in [1.54, 1.807) is 13.1 Å². The molecule has 3 aromatic rings. The van der Waals surface area contributed by atoms with E-state index >= 15 is 0 Å². The molecule has 0 aliphatic rings. The number of benzene rings is 1. The van der Waals surface area contributed by atoms with Gasteiger partial charge < -0.3 is 9.51 Å². The topological polar surface area (TPSA) is 54.6 Å². The van der Waals surface area contributed by atoms with Crippen molar-refractivity contribution in [2.45, 2.75) is 12.3 Å². The summed E-state index contributed by atoms with van der Waals surface area (Å²) in [5.41, 5.74) is 0.831. The third-order valence-electron chi connectivity index (χ3n) is 3.66. The van der Waals surface area contributed by atoms with E-state index in [0.717, 1.165) is 11.2 Å². The van der Waals surface area contributed by atoms with E-state index in [-0.39, 0.29) is 0 Å². The molecule has 4 heteroatoms. The highest BCUT2D eigenvalue weighted by Crippen LogP contribution is 2.31. The number of carboxylic acid groups (broad SMARTS) is 1. The van der Waals surface area contributed by atoms with Crippen LogP contribution in [0.3, 0.4) is 0 Å². The van der Waals surface area contributed by atoms with Crippen LogP contribution in [0.25, 0.3) is 5.65 Å². The molecule has 20 heavy (non-hydrogen) atoms. The first-order chi connectivity index (χ1) is 9.62. The van der Waals surface area contributed by atoms with Gasteiger partial charge in [-0.2, -0.15) is 0 Å². The van der Waals surface area contributed by atoms with Crippen LogP contribution in [0.1, 0.15) is 18.2 Å². The summed E-state index contributed by atoms with van der Waals surface area (Å²) in [5.74, 6) is -0.910. The molecule has 1 aromatic carbocycles. The second-order valence-electron chi connectivity index (χ2n) is 4.89. The van der Waals surface area contributed by atoms with E-state index in [9.17, 15) is 9.90 Å². The molecule has 2 heterocycles. The first kappa shape index (κ1) is 12.4. The van der Waals surface area contributed by atoms with Crippen molar-refractivity contribution in [3.63, 3.8) is 0 Å². The summed E-state index contributed by atoms with van der Waals surface area (Å²) in [6.07, 6.45) is 3.63. The molecule has 0 saturated heterocycles. The van der Waals surface area contributed by atoms with E-state index in [2.05, 4.69) is 4.98 Å². The monoisotopic (exact) mass is 266 g/mol. The fraction of sp³-hybridized carbons (Fsp3) is 0.125. The first-order valence-corrected chi connectivity index (χ1v) is 6.35. The third kappa shape index (κ3) is 1.77. The minimum Gasteiger partial charge on any atom is -0.480 e. The Bertz CT molecular complexity index is 731. The Labute approximate surface area is 116 Å². The molecule has 0 aliphatic heterocycles. The van der Waals surface area contributed by atoms with Crippen LogP contribution in [0.5, 0.6) is 0 Å². The lowest BCUT2D eigenvalue weighted by Crippen LogP contribution is -2.34. The fourth-order valence-electron chi connectivity index (χ4n) is 2.33. The Morgan fingerprint density at radius 1 is 1.15 bits per heavy atom. The Morgan fingerprint density at radius 2 is 1.85 bits per heavy atom. The zero-order valence-electron chi connectivity index (χ0n) is 11.0. The van der Waals surface area contributed by atoms with Gasteiger partial charge >= 0.3 is 5.97 Å². The van der Waals surface area contributed by atoms with Crippen LogP contribution in [0.15, 0.2) is 60.9 Å². The molecule has 0 fully saturated rings. The number of carbonyl (C=O) groups is 1. The summed E-state index contributed by atoms with van der Waals surface area (Å²) >= 11 is 0. The number of rotatable bonds is 3. The van der Waals surface area contributed by atoms with Gasteiger partial charge in [0.25, 0.3) is 0 Å². The minimum absolute atomic E-state index is 0.530. The highest BCUT2D eigenvalue weighted by molar-refractivity contribution is 5.85. The van der Waals surface area contributed by atoms with Gasteiger partial charge in [0.15, 0.2) is 0 Å². The number of imidazole rings is 1. The number of nitrogens with zero attached hydrogens (tertiary/aromatic N) is 2. The van der Waals surface area contributed by atoms with Crippen LogP contribution >= 0.6 is 0 Å². The highest BCUT2D eigenvalue weighted by Gasteiger charge is 2.39. The average Bonchev–Trinajstić information content (AvgIpc) is 2.91. The van der Waals surface area contributed by atoms with Crippen molar-refractivity contribution in [2.75, 3.05) is 0 Å². The van der Waals surface area contributed by atoms with Crippen molar-refractivity contribution in [1.29, 1.82) is 0 Å². The number of fused-ring (bicyclic) bond motifs is 1. The predicted molar refractivity (Wildman–Crippen MR) is 75.7 cm³/mol. The predicted octanol–water partition coefficient (Wildman–Crippen LogP) is 2.72. The smallest absolute Gasteiger partial charge is 0.320 e. The molecule has 0 saturated carbocycles. The van der Waals surface area contributed by atoms with Gasteiger partial charge in [0.1, 0.15) is 11.1 Å². The number of hydrogen-bond acceptors (Lipinski definition) is 2. The van der Waals surface area contributed by atoms with Crippen molar-refractivity contribution in [3.8, 4) is 0 Å². The zero-order valence-corrected chi connectivity index (χ0v) is 11.0. The lowest BCUT2D eigenvalue weighted by Gasteiger charge is -2.23. The Morgan fingerprint density at radius 3 is 2.50 bits per heavy atom. The lowest BCUT2D eigenvalue weighted by molar-refractivity contribution is -0.141. The molecule has 0 amide bonds.